The molecule has 2 N–H and O–H groups in total. The maximum atomic E-state index is 5.93. The highest BCUT2D eigenvalue weighted by Gasteiger charge is 2.04. The van der Waals surface area contributed by atoms with Gasteiger partial charge in [-0.15, -0.1) is 19.0 Å². The molecule has 14 heavy (non-hydrogen) atoms. The molecule has 0 fully saturated rings. The average Bonchev–Trinajstić information content (AvgIpc) is 2.10. The van der Waals surface area contributed by atoms with Gasteiger partial charge in [-0.25, -0.2) is 0 Å². The largest absolute Gasteiger partial charge is 0.324 e. The van der Waals surface area contributed by atoms with Gasteiger partial charge in [-0.05, 0) is 30.5 Å². The molecule has 1 aromatic carbocycles. The van der Waals surface area contributed by atoms with Crippen molar-refractivity contribution in [1.29, 1.82) is 0 Å². The van der Waals surface area contributed by atoms with Gasteiger partial charge < -0.3 is 5.73 Å². The molecule has 0 saturated heterocycles. The molecule has 0 bridgehead atoms. The van der Waals surface area contributed by atoms with E-state index in [1.165, 1.54) is 5.56 Å². The summed E-state index contributed by atoms with van der Waals surface area (Å²) in [5.74, 6) is 0. The van der Waals surface area contributed by atoms with E-state index < -0.39 is 0 Å². The molecule has 0 aliphatic carbocycles. The minimum absolute atomic E-state index is 0. The Kier molecular flexibility index (Phi) is 6.09. The second kappa shape index (κ2) is 6.23. The molecule has 0 saturated carbocycles. The summed E-state index contributed by atoms with van der Waals surface area (Å²) >= 11 is 3.48. The summed E-state index contributed by atoms with van der Waals surface area (Å²) in [6.07, 6.45) is 2.66. The van der Waals surface area contributed by atoms with E-state index in [1.807, 2.05) is 6.08 Å². The number of halogens is 2. The Bertz CT molecular complexity index is 312. The van der Waals surface area contributed by atoms with E-state index in [1.54, 1.807) is 0 Å². The van der Waals surface area contributed by atoms with Crippen LogP contribution in [0.15, 0.2) is 35.3 Å². The molecule has 78 valence electrons. The lowest BCUT2D eigenvalue weighted by Crippen LogP contribution is -2.08. The quantitative estimate of drug-likeness (QED) is 0.836. The summed E-state index contributed by atoms with van der Waals surface area (Å²) in [6.45, 7) is 5.74. The number of nitrogens with two attached hydrogens (primary N) is 1. The van der Waals surface area contributed by atoms with Crippen LogP contribution in [0.2, 0.25) is 0 Å². The number of hydrogen-bond acceptors (Lipinski definition) is 1. The highest BCUT2D eigenvalue weighted by molar-refractivity contribution is 9.10. The summed E-state index contributed by atoms with van der Waals surface area (Å²) < 4.78 is 1.12. The van der Waals surface area contributed by atoms with E-state index in [0.717, 1.165) is 16.5 Å². The van der Waals surface area contributed by atoms with Crippen LogP contribution >= 0.6 is 28.3 Å². The number of hydrogen-bond donors (Lipinski definition) is 1. The van der Waals surface area contributed by atoms with Crippen molar-refractivity contribution in [2.24, 2.45) is 5.73 Å². The first kappa shape index (κ1) is 13.7. The Labute approximate surface area is 99.9 Å². The van der Waals surface area contributed by atoms with Gasteiger partial charge in [0.25, 0.3) is 0 Å². The van der Waals surface area contributed by atoms with Crippen molar-refractivity contribution in [1.82, 2.24) is 0 Å². The van der Waals surface area contributed by atoms with Gasteiger partial charge in [0.1, 0.15) is 0 Å². The summed E-state index contributed by atoms with van der Waals surface area (Å²) in [5.41, 5.74) is 8.31. The van der Waals surface area contributed by atoms with Crippen LogP contribution in [0.4, 0.5) is 0 Å². The molecular formula is C11H15BrClN. The number of aryl methyl sites for hydroxylation is 1. The molecule has 1 atom stereocenters. The van der Waals surface area contributed by atoms with Gasteiger partial charge in [0.05, 0.1) is 0 Å². The third-order valence-electron chi connectivity index (χ3n) is 2.04. The second-order valence-electron chi connectivity index (χ2n) is 3.14. The Morgan fingerprint density at radius 2 is 2.21 bits per heavy atom. The molecule has 0 unspecified atom stereocenters. The van der Waals surface area contributed by atoms with Crippen molar-refractivity contribution < 1.29 is 0 Å². The lowest BCUT2D eigenvalue weighted by molar-refractivity contribution is 0.741. The third kappa shape index (κ3) is 3.45. The molecule has 0 heterocycles. The van der Waals surface area contributed by atoms with Crippen LogP contribution < -0.4 is 5.73 Å². The summed E-state index contributed by atoms with van der Waals surface area (Å²) in [6, 6.07) is 6.27. The number of benzene rings is 1. The zero-order chi connectivity index (χ0) is 9.84. The molecule has 1 rings (SSSR count). The maximum absolute atomic E-state index is 5.93. The zero-order valence-electron chi connectivity index (χ0n) is 8.16. The van der Waals surface area contributed by atoms with Crippen molar-refractivity contribution in [3.63, 3.8) is 0 Å². The molecule has 0 aromatic heterocycles. The van der Waals surface area contributed by atoms with E-state index in [9.17, 15) is 0 Å². The van der Waals surface area contributed by atoms with Crippen LogP contribution in [0.3, 0.4) is 0 Å². The molecule has 0 aliphatic rings. The Hall–Kier alpha value is -0.310. The van der Waals surface area contributed by atoms with Gasteiger partial charge in [-0.2, -0.15) is 0 Å². The third-order valence-corrected chi connectivity index (χ3v) is 2.90. The van der Waals surface area contributed by atoms with Crippen LogP contribution in [-0.2, 0) is 0 Å². The van der Waals surface area contributed by atoms with E-state index in [2.05, 4.69) is 47.6 Å². The van der Waals surface area contributed by atoms with E-state index in [0.29, 0.717) is 0 Å². The van der Waals surface area contributed by atoms with Gasteiger partial charge in [-0.3, -0.25) is 0 Å². The van der Waals surface area contributed by atoms with Crippen LogP contribution in [0.5, 0.6) is 0 Å². The normalized spacial score (nSPS) is 11.6. The first-order valence-corrected chi connectivity index (χ1v) is 5.07. The average molecular weight is 277 g/mol. The maximum Gasteiger partial charge on any atom is 0.0330 e. The van der Waals surface area contributed by atoms with Crippen LogP contribution in [-0.4, -0.2) is 0 Å². The van der Waals surface area contributed by atoms with Crippen molar-refractivity contribution in [3.05, 3.63) is 46.5 Å². The smallest absolute Gasteiger partial charge is 0.0330 e. The lowest BCUT2D eigenvalue weighted by atomic mass is 10.0. The Morgan fingerprint density at radius 3 is 2.71 bits per heavy atom. The van der Waals surface area contributed by atoms with Gasteiger partial charge in [0.2, 0.25) is 0 Å². The first-order valence-electron chi connectivity index (χ1n) is 4.27. The standard InChI is InChI=1S/C11H14BrN.ClH/c1-3-4-11(13)9-6-5-8(2)10(12)7-9;/h3,5-7,11H,1,4,13H2,2H3;1H/t11-;/m0./s1. The monoisotopic (exact) mass is 275 g/mol. The van der Waals surface area contributed by atoms with Gasteiger partial charge in [0, 0.05) is 10.5 Å². The van der Waals surface area contributed by atoms with E-state index >= 15 is 0 Å². The molecule has 0 spiro atoms. The fourth-order valence-corrected chi connectivity index (χ4v) is 1.55. The summed E-state index contributed by atoms with van der Waals surface area (Å²) in [4.78, 5) is 0. The van der Waals surface area contributed by atoms with Gasteiger partial charge in [0.15, 0.2) is 0 Å². The van der Waals surface area contributed by atoms with Crippen molar-refractivity contribution >= 4 is 28.3 Å². The zero-order valence-corrected chi connectivity index (χ0v) is 10.6. The number of rotatable bonds is 3. The summed E-state index contributed by atoms with van der Waals surface area (Å²) in [5, 5.41) is 0. The van der Waals surface area contributed by atoms with Crippen molar-refractivity contribution in [2.75, 3.05) is 0 Å². The Balaban J connectivity index is 0.00000169. The van der Waals surface area contributed by atoms with E-state index in [-0.39, 0.29) is 18.4 Å². The topological polar surface area (TPSA) is 26.0 Å². The van der Waals surface area contributed by atoms with Crippen LogP contribution in [0.1, 0.15) is 23.6 Å². The highest BCUT2D eigenvalue weighted by atomic mass is 79.9. The second-order valence-corrected chi connectivity index (χ2v) is 3.99. The molecule has 0 amide bonds. The predicted molar refractivity (Wildman–Crippen MR) is 67.9 cm³/mol. The first-order chi connectivity index (χ1) is 6.15. The fraction of sp³-hybridized carbons (Fsp3) is 0.273. The molecule has 0 aliphatic heterocycles. The van der Waals surface area contributed by atoms with Gasteiger partial charge >= 0.3 is 0 Å². The van der Waals surface area contributed by atoms with Gasteiger partial charge in [-0.1, -0.05) is 34.1 Å². The molecule has 1 aromatic rings. The fourth-order valence-electron chi connectivity index (χ4n) is 1.16. The van der Waals surface area contributed by atoms with E-state index in [4.69, 9.17) is 5.73 Å². The highest BCUT2D eigenvalue weighted by Crippen LogP contribution is 2.22. The van der Waals surface area contributed by atoms with Crippen LogP contribution in [0.25, 0.3) is 0 Å². The molecule has 0 radical (unpaired) electrons. The van der Waals surface area contributed by atoms with Crippen molar-refractivity contribution in [3.8, 4) is 0 Å². The lowest BCUT2D eigenvalue weighted by Gasteiger charge is -2.10. The minimum atomic E-state index is 0. The van der Waals surface area contributed by atoms with Crippen molar-refractivity contribution in [2.45, 2.75) is 19.4 Å². The SMILES string of the molecule is C=CC[C@H](N)c1ccc(C)c(Br)c1.Cl. The molecular weight excluding hydrogens is 261 g/mol. The predicted octanol–water partition coefficient (Wildman–Crippen LogP) is 3.76. The summed E-state index contributed by atoms with van der Waals surface area (Å²) in [7, 11) is 0. The van der Waals surface area contributed by atoms with Crippen LogP contribution in [0, 0.1) is 6.92 Å². The minimum Gasteiger partial charge on any atom is -0.324 e. The Morgan fingerprint density at radius 1 is 1.57 bits per heavy atom. The molecule has 3 heteroatoms. The molecule has 1 nitrogen and oxygen atoms in total.